The molecule has 7 heteroatoms. The van der Waals surface area contributed by atoms with Gasteiger partial charge in [0.25, 0.3) is 5.91 Å². The summed E-state index contributed by atoms with van der Waals surface area (Å²) in [6.45, 7) is 6.46. The molecular formula is C18H26N6O. The predicted molar refractivity (Wildman–Crippen MR) is 93.9 cm³/mol. The number of carbonyl (C=O) groups excluding carboxylic acids is 1. The molecule has 0 spiro atoms. The molecule has 0 atom stereocenters. The van der Waals surface area contributed by atoms with Crippen LogP contribution in [0.25, 0.3) is 0 Å². The normalized spacial score (nSPS) is 20.5. The van der Waals surface area contributed by atoms with Crippen molar-refractivity contribution >= 4 is 5.91 Å². The summed E-state index contributed by atoms with van der Waals surface area (Å²) in [6.07, 6.45) is 6.45. The van der Waals surface area contributed by atoms with Crippen LogP contribution in [0.1, 0.15) is 30.7 Å². The summed E-state index contributed by atoms with van der Waals surface area (Å²) < 4.78 is 3.86. The van der Waals surface area contributed by atoms with Crippen molar-refractivity contribution in [3.8, 4) is 0 Å². The van der Waals surface area contributed by atoms with Crippen LogP contribution in [0.15, 0.2) is 24.5 Å². The molecule has 2 saturated heterocycles. The van der Waals surface area contributed by atoms with E-state index in [0.717, 1.165) is 57.7 Å². The fraction of sp³-hybridized carbons (Fsp3) is 0.611. The van der Waals surface area contributed by atoms with Crippen LogP contribution in [-0.2, 0) is 23.9 Å². The lowest BCUT2D eigenvalue weighted by Crippen LogP contribution is -2.59. The van der Waals surface area contributed by atoms with Crippen LogP contribution in [0.5, 0.6) is 0 Å². The van der Waals surface area contributed by atoms with E-state index in [0.29, 0.717) is 0 Å². The third-order valence-electron chi connectivity index (χ3n) is 5.65. The van der Waals surface area contributed by atoms with Gasteiger partial charge in [-0.1, -0.05) is 0 Å². The highest BCUT2D eigenvalue weighted by Gasteiger charge is 2.46. The van der Waals surface area contributed by atoms with Gasteiger partial charge in [-0.25, -0.2) is 0 Å². The Balaban J connectivity index is 1.50. The molecule has 0 radical (unpaired) electrons. The number of nitrogens with zero attached hydrogens (tertiary/aromatic N) is 6. The van der Waals surface area contributed by atoms with E-state index in [9.17, 15) is 4.79 Å². The van der Waals surface area contributed by atoms with Gasteiger partial charge in [0, 0.05) is 52.2 Å². The Hall–Kier alpha value is -2.15. The molecule has 2 aliphatic heterocycles. The molecule has 2 aliphatic rings. The monoisotopic (exact) mass is 342 g/mol. The molecule has 0 N–H and O–H groups in total. The van der Waals surface area contributed by atoms with Crippen LogP contribution < -0.4 is 0 Å². The molecule has 2 aromatic heterocycles. The van der Waals surface area contributed by atoms with Crippen molar-refractivity contribution in [2.24, 2.45) is 7.05 Å². The quantitative estimate of drug-likeness (QED) is 0.836. The van der Waals surface area contributed by atoms with Crippen molar-refractivity contribution in [3.05, 3.63) is 35.9 Å². The van der Waals surface area contributed by atoms with Crippen molar-refractivity contribution in [2.45, 2.75) is 38.3 Å². The average molecular weight is 342 g/mol. The summed E-state index contributed by atoms with van der Waals surface area (Å²) in [7, 11) is 1.99. The smallest absolute Gasteiger partial charge is 0.250 e. The second kappa shape index (κ2) is 6.29. The van der Waals surface area contributed by atoms with Gasteiger partial charge in [-0.2, -0.15) is 10.2 Å². The van der Waals surface area contributed by atoms with Crippen LogP contribution in [0, 0.1) is 6.92 Å². The van der Waals surface area contributed by atoms with Crippen LogP contribution in [0.2, 0.25) is 0 Å². The topological polar surface area (TPSA) is 59.2 Å². The number of carbonyl (C=O) groups is 1. The third kappa shape index (κ3) is 2.86. The standard InChI is InChI=1S/C18H26N6O/c1-15-13-16(21(2)20-15)14-22-11-5-18(6-12-22,24-10-3-7-19-24)17(25)23-8-4-9-23/h3,7,10,13H,4-6,8-9,11-12,14H2,1-2H3. The van der Waals surface area contributed by atoms with Gasteiger partial charge < -0.3 is 4.90 Å². The first-order chi connectivity index (χ1) is 12.1. The lowest BCUT2D eigenvalue weighted by atomic mass is 9.85. The molecule has 0 saturated carbocycles. The van der Waals surface area contributed by atoms with E-state index < -0.39 is 5.54 Å². The SMILES string of the molecule is Cc1cc(CN2CCC(C(=O)N3CCC3)(n3cccn3)CC2)n(C)n1. The first kappa shape index (κ1) is 16.3. The molecule has 0 unspecified atom stereocenters. The molecule has 7 nitrogen and oxygen atoms in total. The molecule has 0 aliphatic carbocycles. The van der Waals surface area contributed by atoms with Gasteiger partial charge in [-0.15, -0.1) is 0 Å². The molecule has 4 heterocycles. The number of rotatable bonds is 4. The van der Waals surface area contributed by atoms with Crippen LogP contribution >= 0.6 is 0 Å². The van der Waals surface area contributed by atoms with Crippen molar-refractivity contribution < 1.29 is 4.79 Å². The van der Waals surface area contributed by atoms with E-state index in [-0.39, 0.29) is 5.91 Å². The van der Waals surface area contributed by atoms with Gasteiger partial charge >= 0.3 is 0 Å². The van der Waals surface area contributed by atoms with E-state index >= 15 is 0 Å². The Labute approximate surface area is 148 Å². The highest BCUT2D eigenvalue weighted by Crippen LogP contribution is 2.33. The summed E-state index contributed by atoms with van der Waals surface area (Å²) in [5, 5.41) is 8.87. The molecule has 2 fully saturated rings. The zero-order valence-electron chi connectivity index (χ0n) is 15.1. The Kier molecular flexibility index (Phi) is 4.11. The molecule has 1 amide bonds. The molecule has 134 valence electrons. The summed E-state index contributed by atoms with van der Waals surface area (Å²) in [4.78, 5) is 17.6. The number of hydrogen-bond donors (Lipinski definition) is 0. The molecule has 2 aromatic rings. The van der Waals surface area contributed by atoms with E-state index in [1.807, 2.05) is 40.5 Å². The van der Waals surface area contributed by atoms with E-state index in [1.54, 1.807) is 6.20 Å². The second-order valence-electron chi connectivity index (χ2n) is 7.30. The highest BCUT2D eigenvalue weighted by atomic mass is 16.2. The minimum atomic E-state index is -0.511. The van der Waals surface area contributed by atoms with Crippen LogP contribution in [0.4, 0.5) is 0 Å². The molecule has 25 heavy (non-hydrogen) atoms. The lowest BCUT2D eigenvalue weighted by molar-refractivity contribution is -0.148. The van der Waals surface area contributed by atoms with Crippen molar-refractivity contribution in [3.63, 3.8) is 0 Å². The summed E-state index contributed by atoms with van der Waals surface area (Å²) in [6, 6.07) is 4.05. The predicted octanol–water partition coefficient (Wildman–Crippen LogP) is 1.15. The number of hydrogen-bond acceptors (Lipinski definition) is 4. The van der Waals surface area contributed by atoms with Crippen molar-refractivity contribution in [2.75, 3.05) is 26.2 Å². The summed E-state index contributed by atoms with van der Waals surface area (Å²) in [5.74, 6) is 0.249. The van der Waals surface area contributed by atoms with Gasteiger partial charge in [-0.05, 0) is 38.3 Å². The number of aryl methyl sites for hydroxylation is 2. The molecule has 4 rings (SSSR count). The molecule has 0 bridgehead atoms. The maximum Gasteiger partial charge on any atom is 0.250 e. The minimum Gasteiger partial charge on any atom is -0.340 e. The summed E-state index contributed by atoms with van der Waals surface area (Å²) in [5.41, 5.74) is 1.76. The Morgan fingerprint density at radius 1 is 1.24 bits per heavy atom. The van der Waals surface area contributed by atoms with E-state index in [4.69, 9.17) is 0 Å². The van der Waals surface area contributed by atoms with E-state index in [1.165, 1.54) is 5.69 Å². The second-order valence-corrected chi connectivity index (χ2v) is 7.30. The van der Waals surface area contributed by atoms with Crippen molar-refractivity contribution in [1.82, 2.24) is 29.4 Å². The Morgan fingerprint density at radius 2 is 2.00 bits per heavy atom. The lowest BCUT2D eigenvalue weighted by Gasteiger charge is -2.45. The van der Waals surface area contributed by atoms with Crippen LogP contribution in [-0.4, -0.2) is 61.4 Å². The number of aromatic nitrogens is 4. The fourth-order valence-electron chi connectivity index (χ4n) is 4.00. The van der Waals surface area contributed by atoms with Gasteiger partial charge in [-0.3, -0.25) is 19.1 Å². The van der Waals surface area contributed by atoms with Crippen LogP contribution in [0.3, 0.4) is 0 Å². The zero-order chi connectivity index (χ0) is 17.4. The third-order valence-corrected chi connectivity index (χ3v) is 5.65. The first-order valence-corrected chi connectivity index (χ1v) is 9.10. The number of amides is 1. The Bertz CT molecular complexity index is 738. The van der Waals surface area contributed by atoms with Gasteiger partial charge in [0.05, 0.1) is 11.4 Å². The number of likely N-dealkylation sites (tertiary alicyclic amines) is 2. The largest absolute Gasteiger partial charge is 0.340 e. The zero-order valence-corrected chi connectivity index (χ0v) is 15.1. The fourth-order valence-corrected chi connectivity index (χ4v) is 4.00. The van der Waals surface area contributed by atoms with Crippen molar-refractivity contribution in [1.29, 1.82) is 0 Å². The Morgan fingerprint density at radius 3 is 2.52 bits per heavy atom. The maximum atomic E-state index is 13.2. The van der Waals surface area contributed by atoms with E-state index in [2.05, 4.69) is 21.2 Å². The summed E-state index contributed by atoms with van der Waals surface area (Å²) >= 11 is 0. The first-order valence-electron chi connectivity index (χ1n) is 9.10. The van der Waals surface area contributed by atoms with Gasteiger partial charge in [0.1, 0.15) is 5.54 Å². The van der Waals surface area contributed by atoms with Gasteiger partial charge in [0.2, 0.25) is 0 Å². The highest BCUT2D eigenvalue weighted by molar-refractivity contribution is 5.85. The molecular weight excluding hydrogens is 316 g/mol. The maximum absolute atomic E-state index is 13.2. The number of piperidine rings is 1. The molecule has 0 aromatic carbocycles. The average Bonchev–Trinajstić information content (AvgIpc) is 3.17. The minimum absolute atomic E-state index is 0.249. The van der Waals surface area contributed by atoms with Gasteiger partial charge in [0.15, 0.2) is 0 Å².